The smallest absolute Gasteiger partial charge is 0.150 e. The molecular weight excluding hydrogens is 207 g/mol. The van der Waals surface area contributed by atoms with E-state index in [0.717, 1.165) is 0 Å². The molecule has 0 bridgehead atoms. The van der Waals surface area contributed by atoms with Crippen LogP contribution in [0.3, 0.4) is 0 Å². The molecule has 4 heteroatoms. The van der Waals surface area contributed by atoms with Gasteiger partial charge in [0, 0.05) is 17.6 Å². The van der Waals surface area contributed by atoms with Gasteiger partial charge >= 0.3 is 0 Å². The van der Waals surface area contributed by atoms with Crippen LogP contribution in [-0.4, -0.2) is 29.2 Å². The highest BCUT2D eigenvalue weighted by atomic mass is 19.1. The molecule has 3 N–H and O–H groups in total. The Labute approximate surface area is 95.7 Å². The van der Waals surface area contributed by atoms with Gasteiger partial charge in [0.15, 0.2) is 5.82 Å². The van der Waals surface area contributed by atoms with Gasteiger partial charge in [-0.1, -0.05) is 12.1 Å². The molecule has 0 radical (unpaired) electrons. The van der Waals surface area contributed by atoms with Crippen LogP contribution in [0.2, 0.25) is 0 Å². The second kappa shape index (κ2) is 4.80. The van der Waals surface area contributed by atoms with Crippen molar-refractivity contribution in [3.63, 3.8) is 0 Å². The minimum atomic E-state index is -0.378. The number of halogens is 1. The van der Waals surface area contributed by atoms with Gasteiger partial charge in [-0.2, -0.15) is 0 Å². The van der Waals surface area contributed by atoms with Gasteiger partial charge in [-0.05, 0) is 27.0 Å². The van der Waals surface area contributed by atoms with Gasteiger partial charge in [-0.25, -0.2) is 4.39 Å². The lowest BCUT2D eigenvalue weighted by atomic mass is 10.0. The topological polar surface area (TPSA) is 49.5 Å². The summed E-state index contributed by atoms with van der Waals surface area (Å²) >= 11 is 0. The Hall–Kier alpha value is -1.13. The van der Waals surface area contributed by atoms with Crippen molar-refractivity contribution in [2.45, 2.75) is 25.9 Å². The van der Waals surface area contributed by atoms with E-state index in [1.54, 1.807) is 12.1 Å². The average Bonchev–Trinajstić information content (AvgIpc) is 2.24. The molecule has 0 unspecified atom stereocenters. The summed E-state index contributed by atoms with van der Waals surface area (Å²) in [5.74, 6) is -0.372. The molecule has 1 aromatic rings. The standard InChI is InChI=1S/C12H19FN2O/c1-12(2,8-16)15(3)7-9-5-4-6-10(14)11(9)13/h4-6,16H,7-8,14H2,1-3H3. The number of nitrogens with two attached hydrogens (primary N) is 1. The first-order chi connectivity index (χ1) is 7.38. The van der Waals surface area contributed by atoms with E-state index in [1.807, 2.05) is 25.8 Å². The summed E-state index contributed by atoms with van der Waals surface area (Å²) in [4.78, 5) is 1.89. The van der Waals surface area contributed by atoms with Crippen LogP contribution in [0.1, 0.15) is 19.4 Å². The van der Waals surface area contributed by atoms with Crippen molar-refractivity contribution in [2.75, 3.05) is 19.4 Å². The lowest BCUT2D eigenvalue weighted by Crippen LogP contribution is -2.43. The van der Waals surface area contributed by atoms with Crippen LogP contribution in [-0.2, 0) is 6.54 Å². The van der Waals surface area contributed by atoms with Crippen LogP contribution < -0.4 is 5.73 Å². The Morgan fingerprint density at radius 3 is 2.62 bits per heavy atom. The van der Waals surface area contributed by atoms with Crippen LogP contribution >= 0.6 is 0 Å². The van der Waals surface area contributed by atoms with Crippen LogP contribution in [0.5, 0.6) is 0 Å². The normalized spacial score (nSPS) is 12.1. The van der Waals surface area contributed by atoms with E-state index >= 15 is 0 Å². The number of aliphatic hydroxyl groups is 1. The Morgan fingerprint density at radius 2 is 2.06 bits per heavy atom. The first-order valence-corrected chi connectivity index (χ1v) is 5.23. The number of likely N-dealkylation sites (N-methyl/N-ethyl adjacent to an activating group) is 1. The van der Waals surface area contributed by atoms with Crippen LogP contribution in [0.4, 0.5) is 10.1 Å². The molecule has 0 aliphatic heterocycles. The van der Waals surface area contributed by atoms with Gasteiger partial charge in [-0.15, -0.1) is 0 Å². The fourth-order valence-electron chi connectivity index (χ4n) is 1.31. The fourth-order valence-corrected chi connectivity index (χ4v) is 1.31. The highest BCUT2D eigenvalue weighted by Gasteiger charge is 2.23. The number of hydrogen-bond donors (Lipinski definition) is 2. The first-order valence-electron chi connectivity index (χ1n) is 5.23. The van der Waals surface area contributed by atoms with Gasteiger partial charge in [-0.3, -0.25) is 4.90 Å². The van der Waals surface area contributed by atoms with E-state index < -0.39 is 0 Å². The van der Waals surface area contributed by atoms with Gasteiger partial charge in [0.25, 0.3) is 0 Å². The molecule has 3 nitrogen and oxygen atoms in total. The number of nitrogen functional groups attached to an aromatic ring is 1. The van der Waals surface area contributed by atoms with Crippen LogP contribution in [0.25, 0.3) is 0 Å². The van der Waals surface area contributed by atoms with E-state index in [4.69, 9.17) is 5.73 Å². The van der Waals surface area contributed by atoms with Gasteiger partial charge in [0.05, 0.1) is 12.3 Å². The van der Waals surface area contributed by atoms with Crippen molar-refractivity contribution in [1.82, 2.24) is 4.90 Å². The van der Waals surface area contributed by atoms with E-state index in [9.17, 15) is 9.50 Å². The molecule has 0 aliphatic carbocycles. The minimum Gasteiger partial charge on any atom is -0.396 e. The molecule has 1 rings (SSSR count). The lowest BCUT2D eigenvalue weighted by molar-refractivity contribution is 0.0726. The summed E-state index contributed by atoms with van der Waals surface area (Å²) in [5.41, 5.74) is 5.82. The molecule has 0 saturated carbocycles. The fraction of sp³-hybridized carbons (Fsp3) is 0.500. The summed E-state index contributed by atoms with van der Waals surface area (Å²) in [6.07, 6.45) is 0. The Kier molecular flexibility index (Phi) is 3.88. The largest absolute Gasteiger partial charge is 0.396 e. The van der Waals surface area contributed by atoms with Crippen LogP contribution in [0.15, 0.2) is 18.2 Å². The second-order valence-electron chi connectivity index (χ2n) is 4.65. The zero-order valence-corrected chi connectivity index (χ0v) is 10.00. The zero-order chi connectivity index (χ0) is 12.3. The van der Waals surface area contributed by atoms with E-state index in [2.05, 4.69) is 0 Å². The summed E-state index contributed by atoms with van der Waals surface area (Å²) in [5, 5.41) is 9.21. The molecule has 0 heterocycles. The summed E-state index contributed by atoms with van der Waals surface area (Å²) < 4.78 is 13.6. The Bertz CT molecular complexity index is 366. The maximum Gasteiger partial charge on any atom is 0.150 e. The van der Waals surface area contributed by atoms with E-state index in [-0.39, 0.29) is 23.7 Å². The quantitative estimate of drug-likeness (QED) is 0.767. The number of anilines is 1. The van der Waals surface area contributed by atoms with E-state index in [1.165, 1.54) is 6.07 Å². The summed E-state index contributed by atoms with van der Waals surface area (Å²) in [6, 6.07) is 4.97. The van der Waals surface area contributed by atoms with Crippen molar-refractivity contribution in [2.24, 2.45) is 0 Å². The molecule has 1 aromatic carbocycles. The van der Waals surface area contributed by atoms with Gasteiger partial charge < -0.3 is 10.8 Å². The molecular formula is C12H19FN2O. The molecule has 16 heavy (non-hydrogen) atoms. The molecule has 0 spiro atoms. The molecule has 0 atom stereocenters. The monoisotopic (exact) mass is 226 g/mol. The van der Waals surface area contributed by atoms with Gasteiger partial charge in [0.1, 0.15) is 0 Å². The molecule has 0 fully saturated rings. The first kappa shape index (κ1) is 12.9. The van der Waals surface area contributed by atoms with Crippen molar-refractivity contribution < 1.29 is 9.50 Å². The second-order valence-corrected chi connectivity index (χ2v) is 4.65. The molecule has 0 amide bonds. The molecule has 0 saturated heterocycles. The molecule has 90 valence electrons. The zero-order valence-electron chi connectivity index (χ0n) is 10.00. The summed E-state index contributed by atoms with van der Waals surface area (Å²) in [7, 11) is 1.85. The van der Waals surface area contributed by atoms with Crippen LogP contribution in [0, 0.1) is 5.82 Å². The highest BCUT2D eigenvalue weighted by molar-refractivity contribution is 5.42. The number of aliphatic hydroxyl groups excluding tert-OH is 1. The Morgan fingerprint density at radius 1 is 1.44 bits per heavy atom. The third-order valence-electron chi connectivity index (χ3n) is 2.94. The third kappa shape index (κ3) is 2.71. The Balaban J connectivity index is 2.85. The number of rotatable bonds is 4. The van der Waals surface area contributed by atoms with Crippen molar-refractivity contribution in [1.29, 1.82) is 0 Å². The van der Waals surface area contributed by atoms with Crippen molar-refractivity contribution >= 4 is 5.69 Å². The lowest BCUT2D eigenvalue weighted by Gasteiger charge is -2.34. The SMILES string of the molecule is CN(Cc1cccc(N)c1F)C(C)(C)CO. The average molecular weight is 226 g/mol. The number of hydrogen-bond acceptors (Lipinski definition) is 3. The molecule has 0 aromatic heterocycles. The van der Waals surface area contributed by atoms with Gasteiger partial charge in [0.2, 0.25) is 0 Å². The third-order valence-corrected chi connectivity index (χ3v) is 2.94. The predicted molar refractivity (Wildman–Crippen MR) is 63.4 cm³/mol. The number of benzene rings is 1. The van der Waals surface area contributed by atoms with Crippen molar-refractivity contribution in [3.8, 4) is 0 Å². The summed E-state index contributed by atoms with van der Waals surface area (Å²) in [6.45, 7) is 4.24. The number of nitrogens with zero attached hydrogens (tertiary/aromatic N) is 1. The van der Waals surface area contributed by atoms with Crippen molar-refractivity contribution in [3.05, 3.63) is 29.6 Å². The predicted octanol–water partition coefficient (Wildman–Crippen LogP) is 1.61. The maximum atomic E-state index is 13.6. The maximum absolute atomic E-state index is 13.6. The minimum absolute atomic E-state index is 0.0213. The highest BCUT2D eigenvalue weighted by Crippen LogP contribution is 2.20. The molecule has 0 aliphatic rings. The van der Waals surface area contributed by atoms with E-state index in [0.29, 0.717) is 12.1 Å².